The van der Waals surface area contributed by atoms with Gasteiger partial charge in [0.05, 0.1) is 0 Å². The lowest BCUT2D eigenvalue weighted by atomic mass is 9.88. The number of fused-ring (bicyclic) bond motifs is 1. The van der Waals surface area contributed by atoms with E-state index in [1.54, 1.807) is 5.57 Å². The van der Waals surface area contributed by atoms with Crippen LogP contribution >= 0.6 is 0 Å². The highest BCUT2D eigenvalue weighted by molar-refractivity contribution is 5.76. The predicted molar refractivity (Wildman–Crippen MR) is 111 cm³/mol. The molecule has 1 aromatic rings. The molecule has 2 aliphatic rings. The van der Waals surface area contributed by atoms with Gasteiger partial charge in [0.2, 0.25) is 0 Å². The van der Waals surface area contributed by atoms with Gasteiger partial charge in [0.1, 0.15) is 0 Å². The van der Waals surface area contributed by atoms with E-state index in [0.717, 1.165) is 0 Å². The molecule has 0 spiro atoms. The van der Waals surface area contributed by atoms with Gasteiger partial charge in [-0.3, -0.25) is 0 Å². The van der Waals surface area contributed by atoms with E-state index in [1.165, 1.54) is 58.5 Å². The van der Waals surface area contributed by atoms with Gasteiger partial charge in [-0.05, 0) is 86.9 Å². The molecule has 0 aromatic heterocycles. The van der Waals surface area contributed by atoms with E-state index in [2.05, 4.69) is 83.0 Å². The van der Waals surface area contributed by atoms with Crippen molar-refractivity contribution in [2.45, 2.75) is 59.8 Å². The molecular formula is C24H31N. The van der Waals surface area contributed by atoms with Crippen LogP contribution in [0.2, 0.25) is 0 Å². The molecule has 1 atom stereocenters. The summed E-state index contributed by atoms with van der Waals surface area (Å²) in [4.78, 5) is 2.37. The van der Waals surface area contributed by atoms with Crippen molar-refractivity contribution in [3.8, 4) is 0 Å². The summed E-state index contributed by atoms with van der Waals surface area (Å²) in [6.45, 7) is 11.2. The fourth-order valence-electron chi connectivity index (χ4n) is 4.29. The number of hydrogen-bond acceptors (Lipinski definition) is 1. The second-order valence-corrected chi connectivity index (χ2v) is 7.55. The Balaban J connectivity index is 2.03. The smallest absolute Gasteiger partial charge is 0.0451 e. The van der Waals surface area contributed by atoms with E-state index < -0.39 is 0 Å². The summed E-state index contributed by atoms with van der Waals surface area (Å²) in [7, 11) is 2.20. The average molecular weight is 334 g/mol. The summed E-state index contributed by atoms with van der Waals surface area (Å²) >= 11 is 0. The van der Waals surface area contributed by atoms with Crippen LogP contribution in [0, 0.1) is 6.92 Å². The quantitative estimate of drug-likeness (QED) is 0.568. The fourth-order valence-corrected chi connectivity index (χ4v) is 4.29. The zero-order chi connectivity index (χ0) is 18.1. The van der Waals surface area contributed by atoms with Crippen molar-refractivity contribution in [2.75, 3.05) is 11.9 Å². The van der Waals surface area contributed by atoms with Crippen LogP contribution in [0.25, 0.3) is 6.08 Å². The van der Waals surface area contributed by atoms with Gasteiger partial charge in [0.15, 0.2) is 0 Å². The Hall–Kier alpha value is -2.02. The minimum Gasteiger partial charge on any atom is -0.347 e. The molecule has 1 heteroatoms. The van der Waals surface area contributed by atoms with Crippen LogP contribution < -0.4 is 4.90 Å². The summed E-state index contributed by atoms with van der Waals surface area (Å²) in [5.41, 5.74) is 11.5. The number of likely N-dealkylation sites (N-methyl/N-ethyl adjacent to an activating group) is 1. The molecule has 1 unspecified atom stereocenters. The van der Waals surface area contributed by atoms with E-state index in [-0.39, 0.29) is 0 Å². The molecule has 1 aliphatic carbocycles. The molecule has 1 nitrogen and oxygen atoms in total. The number of anilines is 1. The predicted octanol–water partition coefficient (Wildman–Crippen LogP) is 6.91. The van der Waals surface area contributed by atoms with Crippen LogP contribution in [0.1, 0.15) is 69.6 Å². The van der Waals surface area contributed by atoms with E-state index in [9.17, 15) is 0 Å². The zero-order valence-electron chi connectivity index (χ0n) is 16.6. The van der Waals surface area contributed by atoms with Crippen molar-refractivity contribution >= 4 is 11.8 Å². The van der Waals surface area contributed by atoms with Gasteiger partial charge in [-0.2, -0.15) is 0 Å². The van der Waals surface area contributed by atoms with E-state index >= 15 is 0 Å². The average Bonchev–Trinajstić information content (AvgIpc) is 2.83. The van der Waals surface area contributed by atoms with Crippen LogP contribution in [0.15, 0.2) is 52.8 Å². The van der Waals surface area contributed by atoms with Gasteiger partial charge in [-0.1, -0.05) is 36.8 Å². The van der Waals surface area contributed by atoms with Crippen LogP contribution in [-0.4, -0.2) is 7.05 Å². The molecule has 0 saturated heterocycles. The third-order valence-electron chi connectivity index (χ3n) is 6.02. The molecule has 1 heterocycles. The maximum absolute atomic E-state index is 2.37. The lowest BCUT2D eigenvalue weighted by Gasteiger charge is -2.19. The van der Waals surface area contributed by atoms with Gasteiger partial charge in [0.25, 0.3) is 0 Å². The first-order valence-corrected chi connectivity index (χ1v) is 9.53. The number of allylic oxidation sites excluding steroid dienone is 7. The van der Waals surface area contributed by atoms with E-state index in [1.807, 2.05) is 0 Å². The molecule has 0 fully saturated rings. The van der Waals surface area contributed by atoms with E-state index in [0.29, 0.717) is 5.92 Å². The third-order valence-corrected chi connectivity index (χ3v) is 6.02. The Morgan fingerprint density at radius 3 is 2.56 bits per heavy atom. The van der Waals surface area contributed by atoms with Crippen LogP contribution in [0.5, 0.6) is 0 Å². The third kappa shape index (κ3) is 3.13. The molecule has 1 aromatic carbocycles. The maximum Gasteiger partial charge on any atom is 0.0451 e. The van der Waals surface area contributed by atoms with Crippen LogP contribution in [0.3, 0.4) is 0 Å². The Morgan fingerprint density at radius 2 is 1.84 bits per heavy atom. The Bertz CT molecular complexity index is 802. The van der Waals surface area contributed by atoms with Gasteiger partial charge in [-0.15, -0.1) is 0 Å². The molecule has 0 amide bonds. The molecule has 3 rings (SSSR count). The molecule has 0 N–H and O–H groups in total. The summed E-state index contributed by atoms with van der Waals surface area (Å²) < 4.78 is 0. The first kappa shape index (κ1) is 17.8. The number of nitrogens with zero attached hydrogens (tertiary/aromatic N) is 1. The molecule has 0 radical (unpaired) electrons. The summed E-state index contributed by atoms with van der Waals surface area (Å²) in [5, 5.41) is 0. The Morgan fingerprint density at radius 1 is 1.08 bits per heavy atom. The van der Waals surface area contributed by atoms with Crippen molar-refractivity contribution in [2.24, 2.45) is 0 Å². The monoisotopic (exact) mass is 333 g/mol. The highest BCUT2D eigenvalue weighted by atomic mass is 15.1. The highest BCUT2D eigenvalue weighted by Gasteiger charge is 2.30. The Kier molecular flexibility index (Phi) is 5.03. The fraction of sp³-hybridized carbons (Fsp3) is 0.417. The largest absolute Gasteiger partial charge is 0.347 e. The lowest BCUT2D eigenvalue weighted by Crippen LogP contribution is -2.12. The topological polar surface area (TPSA) is 3.24 Å². The standard InChI is InChI=1S/C24H31N/c1-7-9-21-17(3)12-14-23-24(21)19(5)22(25(23)6)15-13-20-11-8-10-16(2)18(20)4/h7,9,12-15,19H,8,10-11H2,1-6H3/b9-7-,20-13?,22-15?. The minimum absolute atomic E-state index is 0.428. The molecule has 25 heavy (non-hydrogen) atoms. The second kappa shape index (κ2) is 7.07. The lowest BCUT2D eigenvalue weighted by molar-refractivity contribution is 0.762. The summed E-state index contributed by atoms with van der Waals surface area (Å²) in [5.74, 6) is 0.428. The Labute approximate surface area is 153 Å². The van der Waals surface area contributed by atoms with Crippen molar-refractivity contribution in [1.82, 2.24) is 0 Å². The SMILES string of the molecule is C/C=C\c1c(C)ccc2c1C(C)C(=CC=C1CCCC(C)=C1C)N2C. The van der Waals surface area contributed by atoms with Gasteiger partial charge in [0, 0.05) is 24.4 Å². The number of hydrogen-bond donors (Lipinski definition) is 0. The number of rotatable bonds is 2. The minimum atomic E-state index is 0.428. The summed E-state index contributed by atoms with van der Waals surface area (Å²) in [6.07, 6.45) is 12.9. The van der Waals surface area contributed by atoms with Crippen molar-refractivity contribution in [3.05, 3.63) is 69.5 Å². The van der Waals surface area contributed by atoms with Gasteiger partial charge < -0.3 is 4.90 Å². The van der Waals surface area contributed by atoms with Crippen molar-refractivity contribution in [1.29, 1.82) is 0 Å². The van der Waals surface area contributed by atoms with Gasteiger partial charge in [-0.25, -0.2) is 0 Å². The molecular weight excluding hydrogens is 302 g/mol. The highest BCUT2D eigenvalue weighted by Crippen LogP contribution is 2.45. The number of aryl methyl sites for hydroxylation is 1. The number of benzene rings is 1. The second-order valence-electron chi connectivity index (χ2n) is 7.55. The molecule has 1 aliphatic heterocycles. The summed E-state index contributed by atoms with van der Waals surface area (Å²) in [6, 6.07) is 4.52. The first-order chi connectivity index (χ1) is 12.0. The molecule has 0 bridgehead atoms. The molecule has 132 valence electrons. The first-order valence-electron chi connectivity index (χ1n) is 9.53. The maximum atomic E-state index is 2.37. The molecule has 0 saturated carbocycles. The normalized spacial score (nSPS) is 24.1. The zero-order valence-corrected chi connectivity index (χ0v) is 16.6. The van der Waals surface area contributed by atoms with Crippen LogP contribution in [0.4, 0.5) is 5.69 Å². The van der Waals surface area contributed by atoms with Crippen molar-refractivity contribution in [3.63, 3.8) is 0 Å². The van der Waals surface area contributed by atoms with E-state index in [4.69, 9.17) is 0 Å². The van der Waals surface area contributed by atoms with Gasteiger partial charge >= 0.3 is 0 Å². The van der Waals surface area contributed by atoms with Crippen molar-refractivity contribution < 1.29 is 0 Å². The van der Waals surface area contributed by atoms with Crippen LogP contribution in [-0.2, 0) is 0 Å².